The Balaban J connectivity index is 1.69. The highest BCUT2D eigenvalue weighted by molar-refractivity contribution is 6.35. The highest BCUT2D eigenvalue weighted by Crippen LogP contribution is 2.27. The molecule has 0 saturated carbocycles. The highest BCUT2D eigenvalue weighted by atomic mass is 35.5. The molecule has 2 aromatic carbocycles. The number of carbonyl (C=O) groups excluding carboxylic acids is 2. The van der Waals surface area contributed by atoms with Crippen LogP contribution >= 0.6 is 23.2 Å². The van der Waals surface area contributed by atoms with Crippen molar-refractivity contribution in [2.75, 3.05) is 6.61 Å². The van der Waals surface area contributed by atoms with Crippen LogP contribution in [0.25, 0.3) is 0 Å². The van der Waals surface area contributed by atoms with Gasteiger partial charge >= 0.3 is 0 Å². The Bertz CT molecular complexity index is 854. The van der Waals surface area contributed by atoms with Gasteiger partial charge in [-0.3, -0.25) is 20.4 Å². The van der Waals surface area contributed by atoms with Gasteiger partial charge in [0.2, 0.25) is 5.91 Å². The molecule has 2 aromatic rings. The summed E-state index contributed by atoms with van der Waals surface area (Å²) in [5.74, 6) is 0.398. The van der Waals surface area contributed by atoms with Gasteiger partial charge in [-0.2, -0.15) is 0 Å². The fourth-order valence-corrected chi connectivity index (χ4v) is 2.98. The summed E-state index contributed by atoms with van der Waals surface area (Å²) >= 11 is 11.8. The van der Waals surface area contributed by atoms with Crippen LogP contribution in [0.3, 0.4) is 0 Å². The molecule has 0 aromatic heterocycles. The van der Waals surface area contributed by atoms with Crippen LogP contribution in [-0.4, -0.2) is 24.5 Å². The van der Waals surface area contributed by atoms with E-state index in [2.05, 4.69) is 10.9 Å². The van der Waals surface area contributed by atoms with E-state index in [1.54, 1.807) is 25.1 Å². The molecule has 2 N–H and O–H groups in total. The molecule has 8 heteroatoms. The summed E-state index contributed by atoms with van der Waals surface area (Å²) in [5.41, 5.74) is 6.63. The Kier molecular flexibility index (Phi) is 8.61. The maximum absolute atomic E-state index is 12.2. The third kappa shape index (κ3) is 7.15. The second-order valence-electron chi connectivity index (χ2n) is 6.55. The summed E-state index contributed by atoms with van der Waals surface area (Å²) in [4.78, 5) is 24.0. The number of benzene rings is 2. The molecular formula is C21H24Cl2N2O4. The van der Waals surface area contributed by atoms with Crippen molar-refractivity contribution in [3.05, 3.63) is 57.6 Å². The summed E-state index contributed by atoms with van der Waals surface area (Å²) < 4.78 is 11.2. The molecule has 0 aliphatic rings. The molecule has 0 spiro atoms. The molecule has 0 aliphatic heterocycles. The lowest BCUT2D eigenvalue weighted by Crippen LogP contribution is -2.47. The summed E-state index contributed by atoms with van der Waals surface area (Å²) in [6.07, 6.45) is -0.127. The van der Waals surface area contributed by atoms with E-state index in [0.717, 1.165) is 11.1 Å². The van der Waals surface area contributed by atoms with Crippen LogP contribution in [0, 0.1) is 13.8 Å². The van der Waals surface area contributed by atoms with E-state index >= 15 is 0 Å². The van der Waals surface area contributed by atoms with Crippen LogP contribution in [0.2, 0.25) is 10.0 Å². The predicted molar refractivity (Wildman–Crippen MR) is 113 cm³/mol. The number of amides is 2. The Morgan fingerprint density at radius 2 is 1.76 bits per heavy atom. The Morgan fingerprint density at radius 3 is 2.41 bits per heavy atom. The van der Waals surface area contributed by atoms with E-state index < -0.39 is 12.0 Å². The maximum atomic E-state index is 12.2. The molecule has 0 fully saturated rings. The van der Waals surface area contributed by atoms with Crippen LogP contribution < -0.4 is 20.3 Å². The molecule has 2 rings (SSSR count). The van der Waals surface area contributed by atoms with Crippen molar-refractivity contribution in [2.45, 2.75) is 39.7 Å². The van der Waals surface area contributed by atoms with Gasteiger partial charge in [-0.05, 0) is 56.5 Å². The summed E-state index contributed by atoms with van der Waals surface area (Å²) in [6.45, 7) is 5.74. The Morgan fingerprint density at radius 1 is 1.07 bits per heavy atom. The topological polar surface area (TPSA) is 76.7 Å². The zero-order chi connectivity index (χ0) is 21.4. The summed E-state index contributed by atoms with van der Waals surface area (Å²) in [7, 11) is 0. The lowest BCUT2D eigenvalue weighted by Gasteiger charge is -2.18. The average Bonchev–Trinajstić information content (AvgIpc) is 2.67. The van der Waals surface area contributed by atoms with Crippen LogP contribution in [0.15, 0.2) is 36.4 Å². The molecule has 0 heterocycles. The van der Waals surface area contributed by atoms with Crippen LogP contribution in [0.5, 0.6) is 11.5 Å². The minimum atomic E-state index is -0.759. The minimum Gasteiger partial charge on any atom is -0.492 e. The Labute approximate surface area is 180 Å². The maximum Gasteiger partial charge on any atom is 0.279 e. The number of carbonyl (C=O) groups is 2. The summed E-state index contributed by atoms with van der Waals surface area (Å²) in [6, 6.07) is 10.7. The molecule has 1 unspecified atom stereocenters. The van der Waals surface area contributed by atoms with Gasteiger partial charge in [-0.1, -0.05) is 41.4 Å². The van der Waals surface area contributed by atoms with Gasteiger partial charge in [-0.15, -0.1) is 0 Å². The van der Waals surface area contributed by atoms with E-state index in [0.29, 0.717) is 34.6 Å². The SMILES string of the molecule is Cc1cccc(C)c1OC(C)C(=O)NNC(=O)CCCOc1ccc(Cl)cc1Cl. The van der Waals surface area contributed by atoms with Crippen molar-refractivity contribution >= 4 is 35.0 Å². The average molecular weight is 439 g/mol. The highest BCUT2D eigenvalue weighted by Gasteiger charge is 2.17. The number of aryl methyl sites for hydroxylation is 2. The van der Waals surface area contributed by atoms with E-state index in [1.807, 2.05) is 32.0 Å². The van der Waals surface area contributed by atoms with Crippen molar-refractivity contribution in [3.8, 4) is 11.5 Å². The van der Waals surface area contributed by atoms with Gasteiger partial charge < -0.3 is 9.47 Å². The van der Waals surface area contributed by atoms with Crippen LogP contribution in [-0.2, 0) is 9.59 Å². The predicted octanol–water partition coefficient (Wildman–Crippen LogP) is 4.38. The molecule has 6 nitrogen and oxygen atoms in total. The van der Waals surface area contributed by atoms with Gasteiger partial charge in [0.15, 0.2) is 6.10 Å². The third-order valence-electron chi connectivity index (χ3n) is 4.10. The molecule has 0 aliphatic carbocycles. The number of hydrogen-bond donors (Lipinski definition) is 2. The van der Waals surface area contributed by atoms with E-state index in [9.17, 15) is 9.59 Å². The fraction of sp³-hybridized carbons (Fsp3) is 0.333. The van der Waals surface area contributed by atoms with Gasteiger partial charge in [-0.25, -0.2) is 0 Å². The van der Waals surface area contributed by atoms with E-state index in [-0.39, 0.29) is 12.3 Å². The van der Waals surface area contributed by atoms with Gasteiger partial charge in [0, 0.05) is 11.4 Å². The molecule has 1 atom stereocenters. The third-order valence-corrected chi connectivity index (χ3v) is 4.63. The number of halogens is 2. The lowest BCUT2D eigenvalue weighted by molar-refractivity contribution is -0.132. The molecular weight excluding hydrogens is 415 g/mol. The monoisotopic (exact) mass is 438 g/mol. The van der Waals surface area contributed by atoms with E-state index in [4.69, 9.17) is 32.7 Å². The smallest absolute Gasteiger partial charge is 0.279 e. The quantitative estimate of drug-likeness (QED) is 0.473. The first kappa shape index (κ1) is 22.8. The standard InChI is InChI=1S/C21H24Cl2N2O4/c1-13-6-4-7-14(2)20(13)29-15(3)21(27)25-24-19(26)8-5-11-28-18-10-9-16(22)12-17(18)23/h4,6-7,9-10,12,15H,5,8,11H2,1-3H3,(H,24,26)(H,25,27). The van der Waals surface area contributed by atoms with Crippen LogP contribution in [0.1, 0.15) is 30.9 Å². The first-order chi connectivity index (χ1) is 13.8. The number of hydrogen-bond acceptors (Lipinski definition) is 4. The number of ether oxygens (including phenoxy) is 2. The molecule has 0 bridgehead atoms. The number of para-hydroxylation sites is 1. The fourth-order valence-electron chi connectivity index (χ4n) is 2.52. The molecule has 156 valence electrons. The first-order valence-electron chi connectivity index (χ1n) is 9.17. The van der Waals surface area contributed by atoms with Crippen molar-refractivity contribution in [1.29, 1.82) is 0 Å². The summed E-state index contributed by atoms with van der Waals surface area (Å²) in [5, 5.41) is 0.931. The molecule has 0 radical (unpaired) electrons. The van der Waals surface area contributed by atoms with Crippen molar-refractivity contribution in [2.24, 2.45) is 0 Å². The van der Waals surface area contributed by atoms with Gasteiger partial charge in [0.05, 0.1) is 11.6 Å². The van der Waals surface area contributed by atoms with Crippen molar-refractivity contribution < 1.29 is 19.1 Å². The first-order valence-corrected chi connectivity index (χ1v) is 9.93. The normalized spacial score (nSPS) is 11.5. The lowest BCUT2D eigenvalue weighted by atomic mass is 10.1. The minimum absolute atomic E-state index is 0.178. The largest absolute Gasteiger partial charge is 0.492 e. The van der Waals surface area contributed by atoms with Crippen molar-refractivity contribution in [3.63, 3.8) is 0 Å². The number of rotatable bonds is 8. The number of hydrazine groups is 1. The second-order valence-corrected chi connectivity index (χ2v) is 7.39. The Hall–Kier alpha value is -2.44. The molecule has 0 saturated heterocycles. The molecule has 29 heavy (non-hydrogen) atoms. The van der Waals surface area contributed by atoms with E-state index in [1.165, 1.54) is 0 Å². The number of nitrogens with one attached hydrogen (secondary N) is 2. The molecule has 2 amide bonds. The van der Waals surface area contributed by atoms with Crippen LogP contribution in [0.4, 0.5) is 0 Å². The second kappa shape index (κ2) is 10.9. The zero-order valence-electron chi connectivity index (χ0n) is 16.6. The zero-order valence-corrected chi connectivity index (χ0v) is 18.1. The van der Waals surface area contributed by atoms with Crippen molar-refractivity contribution in [1.82, 2.24) is 10.9 Å². The van der Waals surface area contributed by atoms with Gasteiger partial charge in [0.25, 0.3) is 5.91 Å². The van der Waals surface area contributed by atoms with Gasteiger partial charge in [0.1, 0.15) is 11.5 Å².